The Morgan fingerprint density at radius 1 is 1.15 bits per heavy atom. The van der Waals surface area contributed by atoms with Crippen molar-refractivity contribution < 1.29 is 14.0 Å². The van der Waals surface area contributed by atoms with Crippen LogP contribution in [-0.4, -0.2) is 11.1 Å². The molecule has 2 amide bonds. The van der Waals surface area contributed by atoms with E-state index in [0.717, 1.165) is 21.8 Å². The first-order valence-electron chi connectivity index (χ1n) is 5.73. The molecule has 100 valence electrons. The summed E-state index contributed by atoms with van der Waals surface area (Å²) in [5, 5.41) is 1.84. The lowest BCUT2D eigenvalue weighted by Gasteiger charge is -1.99. The van der Waals surface area contributed by atoms with Crippen LogP contribution in [0.25, 0.3) is 17.4 Å². The van der Waals surface area contributed by atoms with Crippen LogP contribution in [0.4, 0.5) is 4.79 Å². The molecule has 1 N–H and O–H groups in total. The van der Waals surface area contributed by atoms with Crippen LogP contribution >= 0.6 is 27.7 Å². The summed E-state index contributed by atoms with van der Waals surface area (Å²) in [4.78, 5) is 22.9. The van der Waals surface area contributed by atoms with E-state index in [4.69, 9.17) is 4.42 Å². The average Bonchev–Trinajstić information content (AvgIpc) is 2.98. The fourth-order valence-electron chi connectivity index (χ4n) is 1.79. The van der Waals surface area contributed by atoms with Crippen molar-refractivity contribution in [2.75, 3.05) is 0 Å². The molecule has 0 atom stereocenters. The van der Waals surface area contributed by atoms with Gasteiger partial charge in [0.2, 0.25) is 0 Å². The van der Waals surface area contributed by atoms with Crippen LogP contribution in [0.3, 0.4) is 0 Å². The standard InChI is InChI=1S/C14H8BrNO3S/c15-10-4-2-1-3-9(10)11-6-5-8(19-11)7-12-13(17)16-14(18)20-12/h1-7H,(H,16,17,18)/b12-7-. The molecule has 0 bridgehead atoms. The molecular weight excluding hydrogens is 342 g/mol. The van der Waals surface area contributed by atoms with Crippen LogP contribution < -0.4 is 5.32 Å². The summed E-state index contributed by atoms with van der Waals surface area (Å²) in [6.45, 7) is 0. The third kappa shape index (κ3) is 2.57. The van der Waals surface area contributed by atoms with Crippen molar-refractivity contribution in [1.82, 2.24) is 5.32 Å². The van der Waals surface area contributed by atoms with Crippen LogP contribution in [0.5, 0.6) is 0 Å². The smallest absolute Gasteiger partial charge is 0.290 e. The van der Waals surface area contributed by atoms with Crippen molar-refractivity contribution >= 4 is 44.9 Å². The number of rotatable bonds is 2. The Morgan fingerprint density at radius 2 is 1.95 bits per heavy atom. The normalized spacial score (nSPS) is 16.8. The minimum atomic E-state index is -0.390. The summed E-state index contributed by atoms with van der Waals surface area (Å²) in [6.07, 6.45) is 1.56. The molecule has 1 fully saturated rings. The SMILES string of the molecule is O=C1NC(=O)/C(=C/c2ccc(-c3ccccc3Br)o2)S1. The molecule has 1 aliphatic heterocycles. The second-order valence-electron chi connectivity index (χ2n) is 4.03. The minimum Gasteiger partial charge on any atom is -0.457 e. The van der Waals surface area contributed by atoms with E-state index < -0.39 is 0 Å². The molecule has 0 unspecified atom stereocenters. The summed E-state index contributed by atoms with van der Waals surface area (Å²) in [5.74, 6) is 0.834. The molecule has 1 aliphatic rings. The van der Waals surface area contributed by atoms with Crippen molar-refractivity contribution in [3.05, 3.63) is 51.5 Å². The molecule has 2 aromatic rings. The van der Waals surface area contributed by atoms with E-state index in [9.17, 15) is 9.59 Å². The van der Waals surface area contributed by atoms with Gasteiger partial charge in [-0.3, -0.25) is 14.9 Å². The average molecular weight is 350 g/mol. The number of hydrogen-bond acceptors (Lipinski definition) is 4. The quantitative estimate of drug-likeness (QED) is 0.831. The van der Waals surface area contributed by atoms with Gasteiger partial charge in [-0.25, -0.2) is 0 Å². The summed E-state index contributed by atoms with van der Waals surface area (Å²) in [7, 11) is 0. The maximum atomic E-state index is 11.4. The summed E-state index contributed by atoms with van der Waals surface area (Å²) in [6, 6.07) is 11.3. The number of carbonyl (C=O) groups excluding carboxylic acids is 2. The first-order valence-corrected chi connectivity index (χ1v) is 7.34. The molecule has 20 heavy (non-hydrogen) atoms. The Morgan fingerprint density at radius 3 is 2.65 bits per heavy atom. The molecule has 4 nitrogen and oxygen atoms in total. The van der Waals surface area contributed by atoms with Gasteiger partial charge in [-0.1, -0.05) is 34.1 Å². The number of carbonyl (C=O) groups is 2. The van der Waals surface area contributed by atoms with Crippen LogP contribution in [0.2, 0.25) is 0 Å². The van der Waals surface area contributed by atoms with Crippen molar-refractivity contribution in [3.63, 3.8) is 0 Å². The predicted molar refractivity (Wildman–Crippen MR) is 81.0 cm³/mol. The predicted octanol–water partition coefficient (Wildman–Crippen LogP) is 4.03. The number of furan rings is 1. The highest BCUT2D eigenvalue weighted by Crippen LogP contribution is 2.31. The Labute approximate surface area is 127 Å². The van der Waals surface area contributed by atoms with Gasteiger partial charge in [-0.15, -0.1) is 0 Å². The number of thioether (sulfide) groups is 1. The second-order valence-corrected chi connectivity index (χ2v) is 5.90. The molecular formula is C14H8BrNO3S. The van der Waals surface area contributed by atoms with Gasteiger partial charge < -0.3 is 4.42 Å². The molecule has 6 heteroatoms. The zero-order valence-electron chi connectivity index (χ0n) is 10.1. The highest BCUT2D eigenvalue weighted by atomic mass is 79.9. The van der Waals surface area contributed by atoms with E-state index in [2.05, 4.69) is 21.2 Å². The lowest BCUT2D eigenvalue weighted by Crippen LogP contribution is -2.17. The van der Waals surface area contributed by atoms with Gasteiger partial charge in [-0.2, -0.15) is 0 Å². The topological polar surface area (TPSA) is 59.3 Å². The summed E-state index contributed by atoms with van der Waals surface area (Å²) >= 11 is 4.33. The monoisotopic (exact) mass is 349 g/mol. The molecule has 0 saturated carbocycles. The lowest BCUT2D eigenvalue weighted by atomic mass is 10.2. The largest absolute Gasteiger partial charge is 0.457 e. The van der Waals surface area contributed by atoms with Gasteiger partial charge in [0.05, 0.1) is 4.91 Å². The van der Waals surface area contributed by atoms with Gasteiger partial charge in [0.15, 0.2) is 0 Å². The zero-order chi connectivity index (χ0) is 14.1. The van der Waals surface area contributed by atoms with Crippen LogP contribution in [0.15, 0.2) is 50.2 Å². The van der Waals surface area contributed by atoms with Gasteiger partial charge >= 0.3 is 0 Å². The summed E-state index contributed by atoms with van der Waals surface area (Å²) in [5.41, 5.74) is 0.928. The van der Waals surface area contributed by atoms with Crippen molar-refractivity contribution in [1.29, 1.82) is 0 Å². The number of nitrogens with one attached hydrogen (secondary N) is 1. The molecule has 2 heterocycles. The van der Waals surface area contributed by atoms with Crippen molar-refractivity contribution in [3.8, 4) is 11.3 Å². The molecule has 0 aliphatic carbocycles. The fraction of sp³-hybridized carbons (Fsp3) is 0. The third-order valence-electron chi connectivity index (χ3n) is 2.68. The van der Waals surface area contributed by atoms with Crippen molar-refractivity contribution in [2.45, 2.75) is 0 Å². The number of halogens is 1. The second kappa shape index (κ2) is 5.30. The van der Waals surface area contributed by atoms with E-state index in [1.54, 1.807) is 12.1 Å². The van der Waals surface area contributed by atoms with Crippen LogP contribution in [-0.2, 0) is 4.79 Å². The molecule has 1 aromatic heterocycles. The summed E-state index contributed by atoms with van der Waals surface area (Å²) < 4.78 is 6.61. The number of imide groups is 1. The highest BCUT2D eigenvalue weighted by molar-refractivity contribution is 9.10. The van der Waals surface area contributed by atoms with E-state index in [1.165, 1.54) is 0 Å². The number of benzene rings is 1. The maximum Gasteiger partial charge on any atom is 0.290 e. The Kier molecular flexibility index (Phi) is 3.50. The van der Waals surface area contributed by atoms with Gasteiger partial charge in [0.25, 0.3) is 11.1 Å². The van der Waals surface area contributed by atoms with Gasteiger partial charge in [0.1, 0.15) is 11.5 Å². The van der Waals surface area contributed by atoms with Crippen LogP contribution in [0, 0.1) is 0 Å². The van der Waals surface area contributed by atoms with E-state index in [1.807, 2.05) is 30.3 Å². The zero-order valence-corrected chi connectivity index (χ0v) is 12.5. The Hall–Kier alpha value is -1.79. The lowest BCUT2D eigenvalue weighted by molar-refractivity contribution is -0.115. The first kappa shape index (κ1) is 13.2. The molecule has 3 rings (SSSR count). The first-order chi connectivity index (χ1) is 9.63. The van der Waals surface area contributed by atoms with E-state index in [-0.39, 0.29) is 11.1 Å². The Bertz CT molecular complexity index is 736. The van der Waals surface area contributed by atoms with Crippen molar-refractivity contribution in [2.24, 2.45) is 0 Å². The Balaban J connectivity index is 1.92. The fourth-order valence-corrected chi connectivity index (χ4v) is 2.93. The molecule has 0 radical (unpaired) electrons. The maximum absolute atomic E-state index is 11.4. The van der Waals surface area contributed by atoms with Gasteiger partial charge in [-0.05, 0) is 30.0 Å². The third-order valence-corrected chi connectivity index (χ3v) is 4.18. The van der Waals surface area contributed by atoms with Crippen LogP contribution in [0.1, 0.15) is 5.76 Å². The van der Waals surface area contributed by atoms with E-state index in [0.29, 0.717) is 16.4 Å². The molecule has 1 aromatic carbocycles. The highest BCUT2D eigenvalue weighted by Gasteiger charge is 2.25. The van der Waals surface area contributed by atoms with Gasteiger partial charge in [0, 0.05) is 16.1 Å². The molecule has 1 saturated heterocycles. The van der Waals surface area contributed by atoms with E-state index >= 15 is 0 Å². The molecule has 0 spiro atoms. The minimum absolute atomic E-state index is 0.336. The number of amides is 2. The number of hydrogen-bond donors (Lipinski definition) is 1.